The number of hydrogen-bond acceptors (Lipinski definition) is 3. The molecule has 0 aliphatic rings. The molecule has 0 aliphatic carbocycles. The van der Waals surface area contributed by atoms with E-state index in [1.165, 1.54) is 0 Å². The maximum absolute atomic E-state index is 12.3. The lowest BCUT2D eigenvalue weighted by atomic mass is 10.0. The molecule has 142 valence electrons. The van der Waals surface area contributed by atoms with Gasteiger partial charge in [0.25, 0.3) is 5.91 Å². The maximum Gasteiger partial charge on any atom is 0.289 e. The fourth-order valence-electron chi connectivity index (χ4n) is 2.86. The first kappa shape index (κ1) is 18.8. The van der Waals surface area contributed by atoms with Crippen LogP contribution in [-0.4, -0.2) is 22.3 Å². The van der Waals surface area contributed by atoms with E-state index in [0.717, 1.165) is 26.7 Å². The Balaban J connectivity index is 1.43. The SMILES string of the molecule is O=C(N/N=C/c1cccc(Br)c1)c1cc(-c2ccc(-c3ccccc3)cc2)n[nH]1. The van der Waals surface area contributed by atoms with E-state index in [0.29, 0.717) is 11.4 Å². The van der Waals surface area contributed by atoms with Gasteiger partial charge in [-0.2, -0.15) is 10.2 Å². The maximum atomic E-state index is 12.3. The second kappa shape index (κ2) is 8.67. The molecular formula is C23H17BrN4O. The molecule has 4 aromatic rings. The van der Waals surface area contributed by atoms with Crippen molar-refractivity contribution >= 4 is 28.1 Å². The van der Waals surface area contributed by atoms with Crippen LogP contribution in [-0.2, 0) is 0 Å². The van der Waals surface area contributed by atoms with E-state index in [4.69, 9.17) is 0 Å². The van der Waals surface area contributed by atoms with Gasteiger partial charge in [0.05, 0.1) is 11.9 Å². The lowest BCUT2D eigenvalue weighted by Gasteiger charge is -2.02. The Hall–Kier alpha value is -3.51. The van der Waals surface area contributed by atoms with E-state index in [-0.39, 0.29) is 5.91 Å². The zero-order chi connectivity index (χ0) is 20.1. The summed E-state index contributed by atoms with van der Waals surface area (Å²) in [6.45, 7) is 0. The number of nitrogens with zero attached hydrogens (tertiary/aromatic N) is 2. The van der Waals surface area contributed by atoms with Crippen molar-refractivity contribution < 1.29 is 4.79 Å². The Morgan fingerprint density at radius 2 is 1.62 bits per heavy atom. The molecule has 1 heterocycles. The van der Waals surface area contributed by atoms with Gasteiger partial charge in [0.1, 0.15) is 5.69 Å². The van der Waals surface area contributed by atoms with Crippen molar-refractivity contribution in [1.29, 1.82) is 0 Å². The van der Waals surface area contributed by atoms with Crippen LogP contribution in [0.3, 0.4) is 0 Å². The van der Waals surface area contributed by atoms with Crippen LogP contribution in [0.4, 0.5) is 0 Å². The van der Waals surface area contributed by atoms with Crippen molar-refractivity contribution in [3.05, 3.63) is 101 Å². The quantitative estimate of drug-likeness (QED) is 0.325. The molecule has 0 bridgehead atoms. The molecule has 0 aliphatic heterocycles. The molecule has 3 aromatic carbocycles. The third-order valence-electron chi connectivity index (χ3n) is 4.34. The van der Waals surface area contributed by atoms with E-state index in [9.17, 15) is 4.79 Å². The van der Waals surface area contributed by atoms with Crippen LogP contribution in [0.5, 0.6) is 0 Å². The normalized spacial score (nSPS) is 10.9. The van der Waals surface area contributed by atoms with Gasteiger partial charge in [-0.05, 0) is 34.9 Å². The average Bonchev–Trinajstić information content (AvgIpc) is 3.25. The average molecular weight is 445 g/mol. The van der Waals surface area contributed by atoms with Crippen LogP contribution >= 0.6 is 15.9 Å². The summed E-state index contributed by atoms with van der Waals surface area (Å²) in [6.07, 6.45) is 1.59. The number of carbonyl (C=O) groups is 1. The van der Waals surface area contributed by atoms with Gasteiger partial charge >= 0.3 is 0 Å². The summed E-state index contributed by atoms with van der Waals surface area (Å²) >= 11 is 3.40. The summed E-state index contributed by atoms with van der Waals surface area (Å²) in [4.78, 5) is 12.3. The minimum atomic E-state index is -0.351. The number of hydrazone groups is 1. The largest absolute Gasteiger partial charge is 0.289 e. The molecule has 0 fully saturated rings. The predicted octanol–water partition coefficient (Wildman–Crippen LogP) is 5.27. The van der Waals surface area contributed by atoms with Crippen LogP contribution in [0.1, 0.15) is 16.1 Å². The first-order valence-corrected chi connectivity index (χ1v) is 9.78. The zero-order valence-electron chi connectivity index (χ0n) is 15.3. The summed E-state index contributed by atoms with van der Waals surface area (Å²) in [5.74, 6) is -0.351. The van der Waals surface area contributed by atoms with Crippen molar-refractivity contribution in [2.75, 3.05) is 0 Å². The Bertz CT molecular complexity index is 1150. The molecule has 1 aromatic heterocycles. The van der Waals surface area contributed by atoms with E-state index in [1.54, 1.807) is 12.3 Å². The molecule has 6 heteroatoms. The Morgan fingerprint density at radius 1 is 0.897 bits per heavy atom. The lowest BCUT2D eigenvalue weighted by Crippen LogP contribution is -2.17. The third kappa shape index (κ3) is 4.67. The zero-order valence-corrected chi connectivity index (χ0v) is 16.9. The standard InChI is InChI=1S/C23H17BrN4O/c24-20-8-4-5-16(13-20)15-25-28-23(29)22-14-21(26-27-22)19-11-9-18(10-12-19)17-6-2-1-3-7-17/h1-15H,(H,26,27)(H,28,29)/b25-15+. The van der Waals surface area contributed by atoms with Crippen LogP contribution in [0.2, 0.25) is 0 Å². The molecule has 1 amide bonds. The van der Waals surface area contributed by atoms with Gasteiger partial charge in [-0.3, -0.25) is 9.89 Å². The van der Waals surface area contributed by atoms with Crippen LogP contribution in [0.25, 0.3) is 22.4 Å². The highest BCUT2D eigenvalue weighted by Gasteiger charge is 2.10. The molecule has 4 rings (SSSR count). The van der Waals surface area contributed by atoms with E-state index in [2.05, 4.69) is 48.8 Å². The molecule has 2 N–H and O–H groups in total. The Kier molecular flexibility index (Phi) is 5.63. The summed E-state index contributed by atoms with van der Waals surface area (Å²) in [5.41, 5.74) is 7.64. The second-order valence-electron chi connectivity index (χ2n) is 6.36. The molecule has 0 atom stereocenters. The lowest BCUT2D eigenvalue weighted by molar-refractivity contribution is 0.0950. The number of aromatic nitrogens is 2. The number of H-pyrrole nitrogens is 1. The monoisotopic (exact) mass is 444 g/mol. The summed E-state index contributed by atoms with van der Waals surface area (Å²) in [7, 11) is 0. The molecule has 0 unspecified atom stereocenters. The molecule has 0 radical (unpaired) electrons. The number of benzene rings is 3. The highest BCUT2D eigenvalue weighted by Crippen LogP contribution is 2.24. The fraction of sp³-hybridized carbons (Fsp3) is 0. The van der Waals surface area contributed by atoms with Gasteiger partial charge in [-0.15, -0.1) is 0 Å². The number of rotatable bonds is 5. The molecule has 0 saturated heterocycles. The number of hydrogen-bond donors (Lipinski definition) is 2. The van der Waals surface area contributed by atoms with Gasteiger partial charge in [-0.1, -0.05) is 82.7 Å². The number of aromatic amines is 1. The minimum Gasteiger partial charge on any atom is -0.272 e. The van der Waals surface area contributed by atoms with Crippen molar-refractivity contribution in [2.45, 2.75) is 0 Å². The summed E-state index contributed by atoms with van der Waals surface area (Å²) < 4.78 is 0.948. The van der Waals surface area contributed by atoms with Crippen LogP contribution < -0.4 is 5.43 Å². The third-order valence-corrected chi connectivity index (χ3v) is 4.83. The number of halogens is 1. The summed E-state index contributed by atoms with van der Waals surface area (Å²) in [6, 6.07) is 27.6. The van der Waals surface area contributed by atoms with E-state index >= 15 is 0 Å². The smallest absolute Gasteiger partial charge is 0.272 e. The minimum absolute atomic E-state index is 0.346. The number of amides is 1. The van der Waals surface area contributed by atoms with Crippen molar-refractivity contribution in [3.8, 4) is 22.4 Å². The number of nitrogens with one attached hydrogen (secondary N) is 2. The topological polar surface area (TPSA) is 70.1 Å². The van der Waals surface area contributed by atoms with Gasteiger partial charge in [-0.25, -0.2) is 5.43 Å². The number of carbonyl (C=O) groups excluding carboxylic acids is 1. The highest BCUT2D eigenvalue weighted by molar-refractivity contribution is 9.10. The van der Waals surface area contributed by atoms with Gasteiger partial charge in [0, 0.05) is 10.0 Å². The Morgan fingerprint density at radius 3 is 2.38 bits per heavy atom. The molecule has 5 nitrogen and oxygen atoms in total. The molecule has 0 spiro atoms. The summed E-state index contributed by atoms with van der Waals surface area (Å²) in [5, 5.41) is 11.0. The van der Waals surface area contributed by atoms with Crippen LogP contribution in [0.15, 0.2) is 94.5 Å². The second-order valence-corrected chi connectivity index (χ2v) is 7.28. The van der Waals surface area contributed by atoms with E-state index < -0.39 is 0 Å². The first-order chi connectivity index (χ1) is 14.2. The molecule has 29 heavy (non-hydrogen) atoms. The van der Waals surface area contributed by atoms with E-state index in [1.807, 2.05) is 66.7 Å². The first-order valence-electron chi connectivity index (χ1n) is 8.99. The van der Waals surface area contributed by atoms with Gasteiger partial charge < -0.3 is 0 Å². The Labute approximate surface area is 176 Å². The molecular weight excluding hydrogens is 428 g/mol. The molecule has 0 saturated carbocycles. The van der Waals surface area contributed by atoms with Crippen molar-refractivity contribution in [2.24, 2.45) is 5.10 Å². The highest BCUT2D eigenvalue weighted by atomic mass is 79.9. The van der Waals surface area contributed by atoms with Crippen molar-refractivity contribution in [1.82, 2.24) is 15.6 Å². The van der Waals surface area contributed by atoms with Gasteiger partial charge in [0.15, 0.2) is 0 Å². The van der Waals surface area contributed by atoms with Gasteiger partial charge in [0.2, 0.25) is 0 Å². The van der Waals surface area contributed by atoms with Crippen molar-refractivity contribution in [3.63, 3.8) is 0 Å². The predicted molar refractivity (Wildman–Crippen MR) is 119 cm³/mol. The fourth-order valence-corrected chi connectivity index (χ4v) is 3.28. The van der Waals surface area contributed by atoms with Crippen LogP contribution in [0, 0.1) is 0 Å².